The number of nitrogens with zero attached hydrogens (tertiary/aromatic N) is 2. The summed E-state index contributed by atoms with van der Waals surface area (Å²) >= 11 is 11.9. The molecular formula is C16H22Cl3N3O2. The highest BCUT2D eigenvalue weighted by atomic mass is 35.5. The van der Waals surface area contributed by atoms with Gasteiger partial charge in [-0.2, -0.15) is 0 Å². The van der Waals surface area contributed by atoms with E-state index in [-0.39, 0.29) is 30.3 Å². The lowest BCUT2D eigenvalue weighted by Crippen LogP contribution is -2.50. The van der Waals surface area contributed by atoms with Gasteiger partial charge in [-0.3, -0.25) is 9.59 Å². The molecule has 1 saturated heterocycles. The Morgan fingerprint density at radius 2 is 1.75 bits per heavy atom. The first kappa shape index (κ1) is 21.0. The van der Waals surface area contributed by atoms with Crippen LogP contribution in [0.4, 0.5) is 0 Å². The van der Waals surface area contributed by atoms with Crippen molar-refractivity contribution >= 4 is 47.4 Å². The summed E-state index contributed by atoms with van der Waals surface area (Å²) in [5.74, 6) is -0.0340. The van der Waals surface area contributed by atoms with Crippen LogP contribution in [0, 0.1) is 0 Å². The molecule has 0 radical (unpaired) electrons. The molecule has 1 fully saturated rings. The topological polar surface area (TPSA) is 66.6 Å². The van der Waals surface area contributed by atoms with Crippen LogP contribution in [0.2, 0.25) is 10.0 Å². The van der Waals surface area contributed by atoms with Crippen molar-refractivity contribution in [1.82, 2.24) is 9.80 Å². The molecule has 24 heavy (non-hydrogen) atoms. The maximum atomic E-state index is 12.5. The van der Waals surface area contributed by atoms with Crippen LogP contribution in [-0.2, 0) is 4.79 Å². The molecule has 1 aliphatic rings. The molecule has 5 nitrogen and oxygen atoms in total. The molecule has 0 saturated carbocycles. The smallest absolute Gasteiger partial charge is 0.255 e. The predicted octanol–water partition coefficient (Wildman–Crippen LogP) is 2.83. The zero-order valence-electron chi connectivity index (χ0n) is 13.5. The predicted molar refractivity (Wildman–Crippen MR) is 99.1 cm³/mol. The van der Waals surface area contributed by atoms with Crippen molar-refractivity contribution in [3.63, 3.8) is 0 Å². The molecule has 1 aliphatic heterocycles. The van der Waals surface area contributed by atoms with E-state index in [0.29, 0.717) is 54.6 Å². The maximum Gasteiger partial charge on any atom is 0.255 e. The number of benzene rings is 1. The van der Waals surface area contributed by atoms with E-state index in [0.717, 1.165) is 0 Å². The van der Waals surface area contributed by atoms with E-state index in [1.54, 1.807) is 28.0 Å². The zero-order chi connectivity index (χ0) is 17.0. The van der Waals surface area contributed by atoms with E-state index in [2.05, 4.69) is 0 Å². The second-order valence-electron chi connectivity index (χ2n) is 5.81. The van der Waals surface area contributed by atoms with Crippen LogP contribution in [0.1, 0.15) is 30.1 Å². The van der Waals surface area contributed by atoms with Gasteiger partial charge in [-0.05, 0) is 31.5 Å². The van der Waals surface area contributed by atoms with Crippen LogP contribution in [0.3, 0.4) is 0 Å². The maximum absolute atomic E-state index is 12.5. The second-order valence-corrected chi connectivity index (χ2v) is 6.66. The number of piperazine rings is 1. The van der Waals surface area contributed by atoms with Gasteiger partial charge in [0.2, 0.25) is 5.91 Å². The largest absolute Gasteiger partial charge is 0.339 e. The second kappa shape index (κ2) is 9.47. The Balaban J connectivity index is 0.00000288. The monoisotopic (exact) mass is 393 g/mol. The number of hydrogen-bond donors (Lipinski definition) is 1. The number of rotatable bonds is 4. The van der Waals surface area contributed by atoms with E-state index in [1.807, 2.05) is 6.92 Å². The normalized spacial score (nSPS) is 15.7. The molecule has 0 bridgehead atoms. The van der Waals surface area contributed by atoms with Gasteiger partial charge in [0.05, 0.1) is 10.6 Å². The summed E-state index contributed by atoms with van der Waals surface area (Å²) in [4.78, 5) is 28.1. The van der Waals surface area contributed by atoms with Crippen LogP contribution >= 0.6 is 35.6 Å². The molecule has 1 aromatic rings. The minimum atomic E-state index is -0.130. The van der Waals surface area contributed by atoms with Gasteiger partial charge in [0.1, 0.15) is 0 Å². The standard InChI is InChI=1S/C16H21Cl2N3O2.ClH/c1-11(19)2-5-15(22)20-6-8-21(9-7-20)16(23)13-4-3-12(17)10-14(13)18;/h3-4,10-11H,2,5-9,19H2,1H3;1H. The number of carbonyl (C=O) groups is 2. The Morgan fingerprint density at radius 3 is 2.29 bits per heavy atom. The van der Waals surface area contributed by atoms with E-state index < -0.39 is 0 Å². The van der Waals surface area contributed by atoms with E-state index >= 15 is 0 Å². The first-order valence-corrected chi connectivity index (χ1v) is 8.41. The molecule has 2 rings (SSSR count). The van der Waals surface area contributed by atoms with Crippen molar-refractivity contribution in [3.05, 3.63) is 33.8 Å². The van der Waals surface area contributed by atoms with Gasteiger partial charge in [0, 0.05) is 43.7 Å². The minimum absolute atomic E-state index is 0. The summed E-state index contributed by atoms with van der Waals surface area (Å²) in [5, 5.41) is 0.842. The molecule has 0 aromatic heterocycles. The van der Waals surface area contributed by atoms with E-state index in [4.69, 9.17) is 28.9 Å². The van der Waals surface area contributed by atoms with Crippen LogP contribution < -0.4 is 5.73 Å². The van der Waals surface area contributed by atoms with Crippen molar-refractivity contribution in [1.29, 1.82) is 0 Å². The number of hydrogen-bond acceptors (Lipinski definition) is 3. The Kier molecular flexibility index (Phi) is 8.30. The fourth-order valence-electron chi connectivity index (χ4n) is 2.50. The van der Waals surface area contributed by atoms with Crippen LogP contribution in [0.25, 0.3) is 0 Å². The zero-order valence-corrected chi connectivity index (χ0v) is 15.8. The van der Waals surface area contributed by atoms with Gasteiger partial charge in [-0.15, -0.1) is 12.4 Å². The van der Waals surface area contributed by atoms with Gasteiger partial charge in [0.15, 0.2) is 0 Å². The molecule has 1 heterocycles. The molecule has 2 N–H and O–H groups in total. The molecular weight excluding hydrogens is 373 g/mol. The molecule has 1 unspecified atom stereocenters. The Labute approximate surface area is 158 Å². The summed E-state index contributed by atoms with van der Waals surface area (Å²) in [5.41, 5.74) is 6.11. The lowest BCUT2D eigenvalue weighted by molar-refractivity contribution is -0.132. The van der Waals surface area contributed by atoms with Gasteiger partial charge in [0.25, 0.3) is 5.91 Å². The summed E-state index contributed by atoms with van der Waals surface area (Å²) in [6.45, 7) is 3.96. The summed E-state index contributed by atoms with van der Waals surface area (Å²) in [6.07, 6.45) is 1.13. The van der Waals surface area contributed by atoms with Gasteiger partial charge in [-0.25, -0.2) is 0 Å². The number of amides is 2. The molecule has 2 amide bonds. The average molecular weight is 395 g/mol. The highest BCUT2D eigenvalue weighted by Gasteiger charge is 2.25. The lowest BCUT2D eigenvalue weighted by Gasteiger charge is -2.35. The third-order valence-corrected chi connectivity index (χ3v) is 4.44. The summed E-state index contributed by atoms with van der Waals surface area (Å²) in [6, 6.07) is 4.86. The van der Waals surface area contributed by atoms with Crippen LogP contribution in [0.15, 0.2) is 18.2 Å². The van der Waals surface area contributed by atoms with Gasteiger partial charge in [-0.1, -0.05) is 23.2 Å². The first-order chi connectivity index (χ1) is 10.9. The SMILES string of the molecule is CC(N)CCC(=O)N1CCN(C(=O)c2ccc(Cl)cc2Cl)CC1.Cl. The van der Waals surface area contributed by atoms with E-state index in [1.165, 1.54) is 0 Å². The van der Waals surface area contributed by atoms with Crippen LogP contribution in [0.5, 0.6) is 0 Å². The van der Waals surface area contributed by atoms with Crippen LogP contribution in [-0.4, -0.2) is 53.8 Å². The van der Waals surface area contributed by atoms with Crippen molar-refractivity contribution < 1.29 is 9.59 Å². The quantitative estimate of drug-likeness (QED) is 0.854. The Bertz CT molecular complexity index is 588. The first-order valence-electron chi connectivity index (χ1n) is 7.66. The van der Waals surface area contributed by atoms with E-state index in [9.17, 15) is 9.59 Å². The minimum Gasteiger partial charge on any atom is -0.339 e. The number of carbonyl (C=O) groups excluding carboxylic acids is 2. The van der Waals surface area contributed by atoms with Crippen molar-refractivity contribution in [2.45, 2.75) is 25.8 Å². The fraction of sp³-hybridized carbons (Fsp3) is 0.500. The Morgan fingerprint density at radius 1 is 1.17 bits per heavy atom. The molecule has 0 aliphatic carbocycles. The van der Waals surface area contributed by atoms with Crippen molar-refractivity contribution in [2.24, 2.45) is 5.73 Å². The average Bonchev–Trinajstić information content (AvgIpc) is 2.52. The summed E-state index contributed by atoms with van der Waals surface area (Å²) < 4.78 is 0. The van der Waals surface area contributed by atoms with Gasteiger partial charge >= 0.3 is 0 Å². The highest BCUT2D eigenvalue weighted by molar-refractivity contribution is 6.36. The molecule has 8 heteroatoms. The van der Waals surface area contributed by atoms with Crippen molar-refractivity contribution in [3.8, 4) is 0 Å². The molecule has 134 valence electrons. The third-order valence-electron chi connectivity index (χ3n) is 3.89. The molecule has 0 spiro atoms. The number of halogens is 3. The highest BCUT2D eigenvalue weighted by Crippen LogP contribution is 2.22. The van der Waals surface area contributed by atoms with Crippen molar-refractivity contribution in [2.75, 3.05) is 26.2 Å². The Hall–Kier alpha value is -1.01. The molecule has 1 atom stereocenters. The number of nitrogens with two attached hydrogens (primary N) is 1. The molecule has 1 aromatic carbocycles. The summed E-state index contributed by atoms with van der Waals surface area (Å²) in [7, 11) is 0. The lowest BCUT2D eigenvalue weighted by atomic mass is 10.1. The fourth-order valence-corrected chi connectivity index (χ4v) is 2.99. The third kappa shape index (κ3) is 5.52. The van der Waals surface area contributed by atoms with Gasteiger partial charge < -0.3 is 15.5 Å².